The minimum absolute atomic E-state index is 0.0281. The number of ether oxygens (including phenoxy) is 3. The summed E-state index contributed by atoms with van der Waals surface area (Å²) >= 11 is 6.00. The molecule has 0 saturated carbocycles. The van der Waals surface area contributed by atoms with Gasteiger partial charge in [0.25, 0.3) is 0 Å². The second-order valence-electron chi connectivity index (χ2n) is 4.50. The van der Waals surface area contributed by atoms with Crippen LogP contribution in [0.5, 0.6) is 11.5 Å². The number of benzene rings is 1. The van der Waals surface area contributed by atoms with E-state index in [2.05, 4.69) is 10.1 Å². The minimum Gasteiger partial charge on any atom is -0.495 e. The van der Waals surface area contributed by atoms with Crippen LogP contribution in [-0.4, -0.2) is 38.8 Å². The molecule has 0 aliphatic carbocycles. The van der Waals surface area contributed by atoms with Crippen LogP contribution in [0.3, 0.4) is 0 Å². The van der Waals surface area contributed by atoms with Crippen molar-refractivity contribution in [1.82, 2.24) is 0 Å². The van der Waals surface area contributed by atoms with E-state index in [-0.39, 0.29) is 6.54 Å². The maximum atomic E-state index is 13.1. The van der Waals surface area contributed by atoms with Gasteiger partial charge >= 0.3 is 11.9 Å². The van der Waals surface area contributed by atoms with Gasteiger partial charge in [0, 0.05) is 6.07 Å². The molecule has 0 bridgehead atoms. The van der Waals surface area contributed by atoms with Crippen molar-refractivity contribution < 1.29 is 27.8 Å². The highest BCUT2D eigenvalue weighted by Crippen LogP contribution is 2.36. The Balaban J connectivity index is 2.07. The predicted molar refractivity (Wildman–Crippen MR) is 72.5 cm³/mol. The van der Waals surface area contributed by atoms with Crippen LogP contribution in [0, 0.1) is 0 Å². The molecule has 1 aromatic rings. The first-order valence-electron chi connectivity index (χ1n) is 6.11. The number of carbonyl (C=O) groups excluding carboxylic acids is 1. The van der Waals surface area contributed by atoms with Crippen LogP contribution in [0.15, 0.2) is 12.1 Å². The number of alkyl halides is 2. The third kappa shape index (κ3) is 3.29. The third-order valence-electron chi connectivity index (χ3n) is 3.05. The molecule has 0 aromatic heterocycles. The van der Waals surface area contributed by atoms with Gasteiger partial charge in [-0.15, -0.1) is 0 Å². The molecule has 1 atom stereocenters. The average Bonchev–Trinajstić information content (AvgIpc) is 2.70. The topological polar surface area (TPSA) is 56.8 Å². The highest BCUT2D eigenvalue weighted by molar-refractivity contribution is 6.32. The number of halogens is 3. The molecule has 5 nitrogen and oxygen atoms in total. The summed E-state index contributed by atoms with van der Waals surface area (Å²) in [5, 5.41) is 3.22. The zero-order valence-corrected chi connectivity index (χ0v) is 12.2. The monoisotopic (exact) mass is 321 g/mol. The molecule has 0 spiro atoms. The standard InChI is InChI=1S/C13H14ClF2NO4/c1-19-10-4-11(20-2)9(3-8(10)14)17-6-7-5-13(15,16)12(18)21-7/h3-4,7,17H,5-6H2,1-2H3. The van der Waals surface area contributed by atoms with E-state index in [1.165, 1.54) is 14.2 Å². The number of hydrogen-bond donors (Lipinski definition) is 1. The number of methoxy groups -OCH3 is 2. The van der Waals surface area contributed by atoms with Crippen LogP contribution in [0.2, 0.25) is 5.02 Å². The third-order valence-corrected chi connectivity index (χ3v) is 3.35. The molecule has 2 rings (SSSR count). The Morgan fingerprint density at radius 1 is 1.38 bits per heavy atom. The molecule has 1 fully saturated rings. The second kappa shape index (κ2) is 5.93. The smallest absolute Gasteiger partial charge is 0.377 e. The zero-order chi connectivity index (χ0) is 15.6. The molecule has 21 heavy (non-hydrogen) atoms. The Morgan fingerprint density at radius 2 is 2.05 bits per heavy atom. The minimum atomic E-state index is -3.42. The van der Waals surface area contributed by atoms with Crippen molar-refractivity contribution in [3.63, 3.8) is 0 Å². The fourth-order valence-corrected chi connectivity index (χ4v) is 2.23. The molecule has 8 heteroatoms. The van der Waals surface area contributed by atoms with Crippen LogP contribution in [-0.2, 0) is 9.53 Å². The van der Waals surface area contributed by atoms with Gasteiger partial charge in [-0.3, -0.25) is 0 Å². The number of anilines is 1. The highest BCUT2D eigenvalue weighted by Gasteiger charge is 2.50. The molecular weight excluding hydrogens is 308 g/mol. The maximum Gasteiger partial charge on any atom is 0.377 e. The van der Waals surface area contributed by atoms with E-state index in [9.17, 15) is 13.6 Å². The number of hydrogen-bond acceptors (Lipinski definition) is 5. The van der Waals surface area contributed by atoms with Crippen LogP contribution >= 0.6 is 11.6 Å². The van der Waals surface area contributed by atoms with Crippen LogP contribution in [0.25, 0.3) is 0 Å². The Kier molecular flexibility index (Phi) is 4.41. The van der Waals surface area contributed by atoms with E-state index in [1.54, 1.807) is 12.1 Å². The number of carbonyl (C=O) groups is 1. The van der Waals surface area contributed by atoms with Gasteiger partial charge in [0.05, 0.1) is 37.9 Å². The second-order valence-corrected chi connectivity index (χ2v) is 4.91. The van der Waals surface area contributed by atoms with Crippen molar-refractivity contribution in [3.8, 4) is 11.5 Å². The summed E-state index contributed by atoms with van der Waals surface area (Å²) in [5.74, 6) is -4.05. The van der Waals surface area contributed by atoms with Crippen LogP contribution in [0.1, 0.15) is 6.42 Å². The largest absolute Gasteiger partial charge is 0.495 e. The van der Waals surface area contributed by atoms with E-state index in [1.807, 2.05) is 0 Å². The van der Waals surface area contributed by atoms with Gasteiger partial charge < -0.3 is 19.5 Å². The van der Waals surface area contributed by atoms with Crippen molar-refractivity contribution in [2.75, 3.05) is 26.1 Å². The summed E-state index contributed by atoms with van der Waals surface area (Å²) in [6.45, 7) is 0.0281. The van der Waals surface area contributed by atoms with Gasteiger partial charge in [-0.2, -0.15) is 8.78 Å². The van der Waals surface area contributed by atoms with E-state index < -0.39 is 24.4 Å². The maximum absolute atomic E-state index is 13.1. The first-order valence-corrected chi connectivity index (χ1v) is 6.49. The van der Waals surface area contributed by atoms with Crippen LogP contribution in [0.4, 0.5) is 14.5 Å². The van der Waals surface area contributed by atoms with Crippen molar-refractivity contribution >= 4 is 23.3 Å². The lowest BCUT2D eigenvalue weighted by molar-refractivity contribution is -0.158. The van der Waals surface area contributed by atoms with Gasteiger partial charge in [-0.05, 0) is 6.07 Å². The van der Waals surface area contributed by atoms with Gasteiger partial charge in [-0.25, -0.2) is 4.79 Å². The predicted octanol–water partition coefficient (Wildman–Crippen LogP) is 2.72. The van der Waals surface area contributed by atoms with Gasteiger partial charge in [0.2, 0.25) is 0 Å². The molecule has 1 aromatic carbocycles. The molecule has 1 aliphatic rings. The molecule has 0 radical (unpaired) electrons. The summed E-state index contributed by atoms with van der Waals surface area (Å²) in [4.78, 5) is 10.9. The number of rotatable bonds is 5. The quantitative estimate of drug-likeness (QED) is 0.845. The lowest BCUT2D eigenvalue weighted by Crippen LogP contribution is -2.22. The fourth-order valence-electron chi connectivity index (χ4n) is 1.98. The lowest BCUT2D eigenvalue weighted by Gasteiger charge is -2.15. The average molecular weight is 322 g/mol. The summed E-state index contributed by atoms with van der Waals surface area (Å²) in [5.41, 5.74) is 0.495. The summed E-state index contributed by atoms with van der Waals surface area (Å²) in [6, 6.07) is 3.12. The number of cyclic esters (lactones) is 1. The lowest BCUT2D eigenvalue weighted by atomic mass is 10.2. The first-order chi connectivity index (χ1) is 9.87. The number of esters is 1. The first kappa shape index (κ1) is 15.6. The molecule has 1 unspecified atom stereocenters. The molecule has 1 aliphatic heterocycles. The van der Waals surface area contributed by atoms with Crippen molar-refractivity contribution in [2.24, 2.45) is 0 Å². The summed E-state index contributed by atoms with van der Waals surface area (Å²) in [6.07, 6.45) is -1.55. The van der Waals surface area contributed by atoms with E-state index in [0.29, 0.717) is 22.2 Å². The molecule has 0 amide bonds. The van der Waals surface area contributed by atoms with Gasteiger partial charge in [-0.1, -0.05) is 11.6 Å². The highest BCUT2D eigenvalue weighted by atomic mass is 35.5. The summed E-state index contributed by atoms with van der Waals surface area (Å²) < 4.78 is 40.9. The molecule has 116 valence electrons. The molecular formula is C13H14ClF2NO4. The summed E-state index contributed by atoms with van der Waals surface area (Å²) in [7, 11) is 2.92. The van der Waals surface area contributed by atoms with Gasteiger partial charge in [0.15, 0.2) is 0 Å². The van der Waals surface area contributed by atoms with E-state index >= 15 is 0 Å². The van der Waals surface area contributed by atoms with E-state index in [4.69, 9.17) is 21.1 Å². The Bertz CT molecular complexity index is 553. The number of nitrogens with one attached hydrogen (secondary N) is 1. The van der Waals surface area contributed by atoms with Crippen molar-refractivity contribution in [3.05, 3.63) is 17.2 Å². The van der Waals surface area contributed by atoms with Crippen LogP contribution < -0.4 is 14.8 Å². The Morgan fingerprint density at radius 3 is 2.57 bits per heavy atom. The van der Waals surface area contributed by atoms with E-state index in [0.717, 1.165) is 0 Å². The fraction of sp³-hybridized carbons (Fsp3) is 0.462. The normalized spacial score (nSPS) is 20.0. The molecule has 1 saturated heterocycles. The van der Waals surface area contributed by atoms with Crippen molar-refractivity contribution in [2.45, 2.75) is 18.4 Å². The Labute approximate surface area is 125 Å². The molecule has 1 heterocycles. The molecule has 1 N–H and O–H groups in total. The zero-order valence-electron chi connectivity index (χ0n) is 11.4. The Hall–Kier alpha value is -1.76. The SMILES string of the molecule is COc1cc(OC)c(NCC2CC(F)(F)C(=O)O2)cc1Cl. The van der Waals surface area contributed by atoms with Gasteiger partial charge in [0.1, 0.15) is 17.6 Å². The van der Waals surface area contributed by atoms with Crippen molar-refractivity contribution in [1.29, 1.82) is 0 Å².